The monoisotopic (exact) mass is 363 g/mol. The van der Waals surface area contributed by atoms with Crippen LogP contribution in [-0.4, -0.2) is 11.7 Å². The van der Waals surface area contributed by atoms with E-state index in [4.69, 9.17) is 10.1 Å². The van der Waals surface area contributed by atoms with Crippen molar-refractivity contribution < 1.29 is 22.7 Å². The van der Waals surface area contributed by atoms with Crippen LogP contribution >= 0.6 is 0 Å². The zero-order chi connectivity index (χ0) is 19.2. The van der Waals surface area contributed by atoms with E-state index in [1.54, 1.807) is 30.3 Å². The van der Waals surface area contributed by atoms with E-state index in [1.165, 1.54) is 0 Å². The molecule has 1 N–H and O–H groups in total. The van der Waals surface area contributed by atoms with Crippen LogP contribution in [0.2, 0.25) is 0 Å². The summed E-state index contributed by atoms with van der Waals surface area (Å²) in [6, 6.07) is 11.1. The lowest BCUT2D eigenvalue weighted by atomic mass is 9.96. The predicted octanol–water partition coefficient (Wildman–Crippen LogP) is 5.87. The number of para-hydroxylation sites is 1. The number of nitrogens with one attached hydrogen (secondary N) is 1. The summed E-state index contributed by atoms with van der Waals surface area (Å²) in [5.74, 6) is -0.485. The van der Waals surface area contributed by atoms with Crippen molar-refractivity contribution in [2.75, 3.05) is 0 Å². The molecule has 138 valence electrons. The quantitative estimate of drug-likeness (QED) is 0.289. The number of unbranched alkanes of at least 4 members (excludes halogenated alkanes) is 2. The molecule has 0 heterocycles. The number of carbonyl (C=O) groups is 1. The van der Waals surface area contributed by atoms with Crippen LogP contribution in [0.5, 0.6) is 5.75 Å². The maximum Gasteiger partial charge on any atom is 0.416 e. The van der Waals surface area contributed by atoms with Crippen LogP contribution in [0.3, 0.4) is 0 Å². The second-order valence-electron chi connectivity index (χ2n) is 5.90. The van der Waals surface area contributed by atoms with Crippen LogP contribution in [0.1, 0.15) is 54.1 Å². The predicted molar refractivity (Wildman–Crippen MR) is 93.8 cm³/mol. The third-order valence-corrected chi connectivity index (χ3v) is 3.88. The summed E-state index contributed by atoms with van der Waals surface area (Å²) >= 11 is 0. The van der Waals surface area contributed by atoms with E-state index in [9.17, 15) is 18.0 Å². The molecule has 0 spiro atoms. The summed E-state index contributed by atoms with van der Waals surface area (Å²) in [6.07, 6.45) is -1.76. The van der Waals surface area contributed by atoms with E-state index in [0.717, 1.165) is 31.0 Å². The molecule has 3 nitrogen and oxygen atoms in total. The van der Waals surface area contributed by atoms with Gasteiger partial charge in [-0.2, -0.15) is 13.2 Å². The van der Waals surface area contributed by atoms with Gasteiger partial charge < -0.3 is 10.1 Å². The molecule has 26 heavy (non-hydrogen) atoms. The number of alkyl halides is 3. The van der Waals surface area contributed by atoms with Crippen molar-refractivity contribution in [3.05, 3.63) is 65.2 Å². The van der Waals surface area contributed by atoms with Gasteiger partial charge >= 0.3 is 12.1 Å². The van der Waals surface area contributed by atoms with Crippen LogP contribution in [0.4, 0.5) is 13.2 Å². The SMILES string of the molecule is CCCCCC(=N)c1cc(C(F)(F)F)ccc1C(=O)Oc1ccccc1. The fraction of sp³-hybridized carbons (Fsp3) is 0.300. The number of hydrogen-bond acceptors (Lipinski definition) is 3. The fourth-order valence-electron chi connectivity index (χ4n) is 2.49. The highest BCUT2D eigenvalue weighted by Crippen LogP contribution is 2.31. The lowest BCUT2D eigenvalue weighted by Gasteiger charge is -2.14. The topological polar surface area (TPSA) is 50.2 Å². The van der Waals surface area contributed by atoms with Crippen molar-refractivity contribution in [3.63, 3.8) is 0 Å². The molecular weight excluding hydrogens is 343 g/mol. The zero-order valence-corrected chi connectivity index (χ0v) is 14.4. The number of ether oxygens (including phenoxy) is 1. The lowest BCUT2D eigenvalue weighted by Crippen LogP contribution is -2.16. The third-order valence-electron chi connectivity index (χ3n) is 3.88. The zero-order valence-electron chi connectivity index (χ0n) is 14.4. The van der Waals surface area contributed by atoms with Gasteiger partial charge in [0.1, 0.15) is 5.75 Å². The molecule has 0 aromatic heterocycles. The Balaban J connectivity index is 2.34. The van der Waals surface area contributed by atoms with Crippen molar-refractivity contribution in [2.24, 2.45) is 0 Å². The molecule has 2 aromatic rings. The Hall–Kier alpha value is -2.63. The van der Waals surface area contributed by atoms with E-state index in [-0.39, 0.29) is 16.8 Å². The van der Waals surface area contributed by atoms with Crippen molar-refractivity contribution >= 4 is 11.7 Å². The molecule has 2 aromatic carbocycles. The second-order valence-corrected chi connectivity index (χ2v) is 5.90. The first-order chi connectivity index (χ1) is 12.3. The highest BCUT2D eigenvalue weighted by atomic mass is 19.4. The van der Waals surface area contributed by atoms with E-state index in [2.05, 4.69) is 0 Å². The molecule has 0 atom stereocenters. The van der Waals surface area contributed by atoms with Crippen molar-refractivity contribution in [2.45, 2.75) is 38.8 Å². The lowest BCUT2D eigenvalue weighted by molar-refractivity contribution is -0.137. The van der Waals surface area contributed by atoms with Crippen LogP contribution in [-0.2, 0) is 6.18 Å². The highest BCUT2D eigenvalue weighted by Gasteiger charge is 2.32. The molecule has 0 saturated carbocycles. The number of rotatable bonds is 7. The maximum atomic E-state index is 13.0. The van der Waals surface area contributed by atoms with Gasteiger partial charge in [-0.05, 0) is 43.2 Å². The van der Waals surface area contributed by atoms with Gasteiger partial charge in [0.2, 0.25) is 0 Å². The number of hydrogen-bond donors (Lipinski definition) is 1. The highest BCUT2D eigenvalue weighted by molar-refractivity contribution is 6.08. The number of halogens is 3. The molecule has 0 fully saturated rings. The first-order valence-corrected chi connectivity index (χ1v) is 8.39. The van der Waals surface area contributed by atoms with Gasteiger partial charge in [0, 0.05) is 11.3 Å². The Morgan fingerprint density at radius 1 is 1.04 bits per heavy atom. The van der Waals surface area contributed by atoms with E-state index in [1.807, 2.05) is 6.92 Å². The number of esters is 1. The van der Waals surface area contributed by atoms with Gasteiger partial charge in [-0.25, -0.2) is 4.79 Å². The Bertz CT molecular complexity index is 770. The van der Waals surface area contributed by atoms with Gasteiger partial charge in [-0.1, -0.05) is 38.0 Å². The molecule has 0 radical (unpaired) electrons. The fourth-order valence-corrected chi connectivity index (χ4v) is 2.49. The molecule has 0 aliphatic rings. The Morgan fingerprint density at radius 2 is 1.73 bits per heavy atom. The molecule has 0 saturated heterocycles. The van der Waals surface area contributed by atoms with Crippen LogP contribution < -0.4 is 4.74 Å². The summed E-state index contributed by atoms with van der Waals surface area (Å²) in [6.45, 7) is 2.00. The maximum absolute atomic E-state index is 13.0. The van der Waals surface area contributed by atoms with Gasteiger partial charge in [0.15, 0.2) is 0 Å². The van der Waals surface area contributed by atoms with Crippen LogP contribution in [0.15, 0.2) is 48.5 Å². The molecule has 2 rings (SSSR count). The first kappa shape index (κ1) is 19.7. The standard InChI is InChI=1S/C20H20F3NO2/c1-2-3-5-10-18(24)17-13-14(20(21,22)23)11-12-16(17)19(25)26-15-8-6-4-7-9-15/h4,6-9,11-13,24H,2-3,5,10H2,1H3. The molecule has 0 unspecified atom stereocenters. The molecule has 0 aliphatic carbocycles. The van der Waals surface area contributed by atoms with Gasteiger partial charge in [-0.15, -0.1) is 0 Å². The van der Waals surface area contributed by atoms with Crippen LogP contribution in [0.25, 0.3) is 0 Å². The Kier molecular flexibility index (Phi) is 6.55. The normalized spacial score (nSPS) is 11.2. The van der Waals surface area contributed by atoms with Crippen LogP contribution in [0, 0.1) is 5.41 Å². The van der Waals surface area contributed by atoms with Crippen molar-refractivity contribution in [1.29, 1.82) is 5.41 Å². The minimum absolute atomic E-state index is 0.00422. The Morgan fingerprint density at radius 3 is 2.35 bits per heavy atom. The van der Waals surface area contributed by atoms with Crippen molar-refractivity contribution in [1.82, 2.24) is 0 Å². The summed E-state index contributed by atoms with van der Waals surface area (Å²) in [7, 11) is 0. The molecule has 0 amide bonds. The minimum Gasteiger partial charge on any atom is -0.423 e. The number of carbonyl (C=O) groups excluding carboxylic acids is 1. The molecule has 0 bridgehead atoms. The van der Waals surface area contributed by atoms with E-state index >= 15 is 0 Å². The van der Waals surface area contributed by atoms with Gasteiger partial charge in [0.05, 0.1) is 11.1 Å². The molecular formula is C20H20F3NO2. The second kappa shape index (κ2) is 8.65. The van der Waals surface area contributed by atoms with Gasteiger partial charge in [-0.3, -0.25) is 0 Å². The minimum atomic E-state index is -4.54. The average Bonchev–Trinajstić information content (AvgIpc) is 2.61. The smallest absolute Gasteiger partial charge is 0.416 e. The van der Waals surface area contributed by atoms with E-state index in [0.29, 0.717) is 18.6 Å². The summed E-state index contributed by atoms with van der Waals surface area (Å²) < 4.78 is 44.3. The number of benzene rings is 2. The summed E-state index contributed by atoms with van der Waals surface area (Å²) in [4.78, 5) is 12.4. The Labute approximate surface area is 150 Å². The molecule has 0 aliphatic heterocycles. The van der Waals surface area contributed by atoms with Gasteiger partial charge in [0.25, 0.3) is 0 Å². The largest absolute Gasteiger partial charge is 0.423 e. The van der Waals surface area contributed by atoms with E-state index < -0.39 is 17.7 Å². The third kappa shape index (κ3) is 5.18. The summed E-state index contributed by atoms with van der Waals surface area (Å²) in [5, 5.41) is 8.15. The summed E-state index contributed by atoms with van der Waals surface area (Å²) in [5.41, 5.74) is -0.950. The van der Waals surface area contributed by atoms with Crippen molar-refractivity contribution in [3.8, 4) is 5.75 Å². The first-order valence-electron chi connectivity index (χ1n) is 8.39. The average molecular weight is 363 g/mol. The molecule has 6 heteroatoms.